The molecule has 0 aliphatic carbocycles. The second-order valence-corrected chi connectivity index (χ2v) is 5.20. The van der Waals surface area contributed by atoms with E-state index in [0.717, 1.165) is 43.2 Å². The number of hydrogen-bond acceptors (Lipinski definition) is 4. The van der Waals surface area contributed by atoms with E-state index in [1.807, 2.05) is 0 Å². The molecule has 1 aromatic heterocycles. The Balaban J connectivity index is 2.09. The maximum absolute atomic E-state index is 11.1. The van der Waals surface area contributed by atoms with Gasteiger partial charge in [-0.1, -0.05) is 26.7 Å². The van der Waals surface area contributed by atoms with E-state index in [1.54, 1.807) is 6.20 Å². The van der Waals surface area contributed by atoms with Gasteiger partial charge >= 0.3 is 0 Å². The third kappa shape index (κ3) is 3.29. The molecular formula is C14H22N4O. The van der Waals surface area contributed by atoms with Gasteiger partial charge in [0, 0.05) is 25.8 Å². The Morgan fingerprint density at radius 3 is 2.84 bits per heavy atom. The van der Waals surface area contributed by atoms with E-state index in [0.29, 0.717) is 0 Å². The van der Waals surface area contributed by atoms with Crippen molar-refractivity contribution in [2.45, 2.75) is 39.7 Å². The lowest BCUT2D eigenvalue weighted by atomic mass is 10.0. The van der Waals surface area contributed by atoms with Crippen LogP contribution in [0.1, 0.15) is 48.6 Å². The highest BCUT2D eigenvalue weighted by Crippen LogP contribution is 2.19. The Labute approximate surface area is 114 Å². The minimum absolute atomic E-state index is 0.128. The molecule has 0 unspecified atom stereocenters. The number of carbonyl (C=O) groups is 1. The molecule has 1 amide bonds. The molecule has 1 aromatic rings. The van der Waals surface area contributed by atoms with Gasteiger partial charge in [0.15, 0.2) is 0 Å². The zero-order chi connectivity index (χ0) is 13.8. The first kappa shape index (κ1) is 13.9. The smallest absolute Gasteiger partial charge is 0.286 e. The van der Waals surface area contributed by atoms with Gasteiger partial charge < -0.3 is 5.73 Å². The Kier molecular flexibility index (Phi) is 4.47. The van der Waals surface area contributed by atoms with Crippen LogP contribution in [0.4, 0.5) is 0 Å². The monoisotopic (exact) mass is 262 g/mol. The third-order valence-corrected chi connectivity index (χ3v) is 3.92. The van der Waals surface area contributed by atoms with Gasteiger partial charge in [-0.25, -0.2) is 9.97 Å². The molecule has 0 spiro atoms. The highest BCUT2D eigenvalue weighted by Gasteiger charge is 2.21. The van der Waals surface area contributed by atoms with Crippen LogP contribution in [0, 0.1) is 5.92 Å². The lowest BCUT2D eigenvalue weighted by molar-refractivity contribution is 0.0989. The third-order valence-electron chi connectivity index (χ3n) is 3.92. The van der Waals surface area contributed by atoms with Gasteiger partial charge in [-0.3, -0.25) is 9.69 Å². The summed E-state index contributed by atoms with van der Waals surface area (Å²) in [6.07, 6.45) is 5.11. The molecule has 19 heavy (non-hydrogen) atoms. The summed E-state index contributed by atoms with van der Waals surface area (Å²) in [5.74, 6) is 0.307. The van der Waals surface area contributed by atoms with E-state index in [-0.39, 0.29) is 5.82 Å². The molecule has 0 fully saturated rings. The quantitative estimate of drug-likeness (QED) is 0.870. The summed E-state index contributed by atoms with van der Waals surface area (Å²) in [7, 11) is 0. The molecule has 0 atom stereocenters. The van der Waals surface area contributed by atoms with Gasteiger partial charge in [-0.05, 0) is 17.9 Å². The lowest BCUT2D eigenvalue weighted by Gasteiger charge is -2.30. The number of hydrogen-bond donors (Lipinski definition) is 1. The molecule has 2 N–H and O–H groups in total. The standard InChI is InChI=1S/C14H22N4O/c1-3-10(4-2)8-18-6-5-11-7-16-14(13(15)19)17-12(11)9-18/h7,10H,3-6,8-9H2,1-2H3,(H2,15,19). The zero-order valence-corrected chi connectivity index (χ0v) is 11.7. The van der Waals surface area contributed by atoms with Crippen molar-refractivity contribution in [2.75, 3.05) is 13.1 Å². The minimum Gasteiger partial charge on any atom is -0.363 e. The SMILES string of the molecule is CCC(CC)CN1CCc2cnc(C(N)=O)nc2C1. The fourth-order valence-corrected chi connectivity index (χ4v) is 2.54. The molecule has 1 aliphatic heterocycles. The lowest BCUT2D eigenvalue weighted by Crippen LogP contribution is -2.35. The van der Waals surface area contributed by atoms with Crippen LogP contribution >= 0.6 is 0 Å². The summed E-state index contributed by atoms with van der Waals surface area (Å²) >= 11 is 0. The van der Waals surface area contributed by atoms with Crippen LogP contribution in [0.25, 0.3) is 0 Å². The maximum atomic E-state index is 11.1. The van der Waals surface area contributed by atoms with E-state index in [4.69, 9.17) is 5.73 Å². The highest BCUT2D eigenvalue weighted by atomic mass is 16.1. The number of aromatic nitrogens is 2. The summed E-state index contributed by atoms with van der Waals surface area (Å²) in [6.45, 7) is 7.42. The largest absolute Gasteiger partial charge is 0.363 e. The number of carbonyl (C=O) groups excluding carboxylic acids is 1. The number of rotatable bonds is 5. The molecule has 104 valence electrons. The van der Waals surface area contributed by atoms with Crippen molar-refractivity contribution in [3.05, 3.63) is 23.3 Å². The van der Waals surface area contributed by atoms with Crippen molar-refractivity contribution >= 4 is 5.91 Å². The molecular weight excluding hydrogens is 240 g/mol. The predicted molar refractivity (Wildman–Crippen MR) is 73.6 cm³/mol. The van der Waals surface area contributed by atoms with E-state index in [2.05, 4.69) is 28.7 Å². The average molecular weight is 262 g/mol. The second-order valence-electron chi connectivity index (χ2n) is 5.20. The summed E-state index contributed by atoms with van der Waals surface area (Å²) in [5, 5.41) is 0. The Bertz CT molecular complexity index is 457. The van der Waals surface area contributed by atoms with Crippen molar-refractivity contribution in [3.8, 4) is 0 Å². The van der Waals surface area contributed by atoms with Gasteiger partial charge in [0.05, 0.1) is 5.69 Å². The number of primary amides is 1. The number of nitrogens with zero attached hydrogens (tertiary/aromatic N) is 3. The van der Waals surface area contributed by atoms with Gasteiger partial charge in [-0.15, -0.1) is 0 Å². The Morgan fingerprint density at radius 1 is 1.47 bits per heavy atom. The average Bonchev–Trinajstić information content (AvgIpc) is 2.43. The summed E-state index contributed by atoms with van der Waals surface area (Å²) in [4.78, 5) is 21.8. The maximum Gasteiger partial charge on any atom is 0.286 e. The van der Waals surface area contributed by atoms with E-state index < -0.39 is 5.91 Å². The minimum atomic E-state index is -0.556. The van der Waals surface area contributed by atoms with Crippen LogP contribution in [0.5, 0.6) is 0 Å². The molecule has 0 aromatic carbocycles. The molecule has 5 nitrogen and oxygen atoms in total. The Hall–Kier alpha value is -1.49. The van der Waals surface area contributed by atoms with E-state index in [1.165, 1.54) is 12.8 Å². The number of fused-ring (bicyclic) bond motifs is 1. The first-order valence-corrected chi connectivity index (χ1v) is 7.01. The van der Waals surface area contributed by atoms with Crippen LogP contribution in [0.15, 0.2) is 6.20 Å². The second kappa shape index (κ2) is 6.10. The predicted octanol–water partition coefficient (Wildman–Crippen LogP) is 1.37. The summed E-state index contributed by atoms with van der Waals surface area (Å²) < 4.78 is 0. The van der Waals surface area contributed by atoms with E-state index >= 15 is 0 Å². The summed E-state index contributed by atoms with van der Waals surface area (Å²) in [6, 6.07) is 0. The van der Waals surface area contributed by atoms with Crippen molar-refractivity contribution in [3.63, 3.8) is 0 Å². The van der Waals surface area contributed by atoms with Crippen LogP contribution in [-0.4, -0.2) is 33.9 Å². The Morgan fingerprint density at radius 2 is 2.21 bits per heavy atom. The van der Waals surface area contributed by atoms with Crippen molar-refractivity contribution in [1.82, 2.24) is 14.9 Å². The van der Waals surface area contributed by atoms with Crippen LogP contribution in [-0.2, 0) is 13.0 Å². The molecule has 2 heterocycles. The van der Waals surface area contributed by atoms with Crippen LogP contribution in [0.3, 0.4) is 0 Å². The normalized spacial score (nSPS) is 15.5. The van der Waals surface area contributed by atoms with E-state index in [9.17, 15) is 4.79 Å². The molecule has 5 heteroatoms. The molecule has 0 saturated heterocycles. The molecule has 0 bridgehead atoms. The van der Waals surface area contributed by atoms with Crippen LogP contribution in [0.2, 0.25) is 0 Å². The highest BCUT2D eigenvalue weighted by molar-refractivity contribution is 5.88. The zero-order valence-electron chi connectivity index (χ0n) is 11.7. The van der Waals surface area contributed by atoms with Crippen molar-refractivity contribution in [1.29, 1.82) is 0 Å². The first-order valence-electron chi connectivity index (χ1n) is 7.01. The molecule has 2 rings (SSSR count). The number of nitrogens with two attached hydrogens (primary N) is 1. The van der Waals surface area contributed by atoms with Crippen molar-refractivity contribution in [2.24, 2.45) is 11.7 Å². The van der Waals surface area contributed by atoms with Gasteiger partial charge in [0.2, 0.25) is 5.82 Å². The first-order chi connectivity index (χ1) is 9.13. The molecule has 1 aliphatic rings. The van der Waals surface area contributed by atoms with Gasteiger partial charge in [0.25, 0.3) is 5.91 Å². The molecule has 0 saturated carbocycles. The fraction of sp³-hybridized carbons (Fsp3) is 0.643. The molecule has 0 radical (unpaired) electrons. The summed E-state index contributed by atoms with van der Waals surface area (Å²) in [5.41, 5.74) is 7.33. The van der Waals surface area contributed by atoms with Crippen molar-refractivity contribution < 1.29 is 4.79 Å². The number of amides is 1. The fourth-order valence-electron chi connectivity index (χ4n) is 2.54. The van der Waals surface area contributed by atoms with Gasteiger partial charge in [0.1, 0.15) is 0 Å². The van der Waals surface area contributed by atoms with Gasteiger partial charge in [-0.2, -0.15) is 0 Å². The van der Waals surface area contributed by atoms with Crippen LogP contribution < -0.4 is 5.73 Å². The topological polar surface area (TPSA) is 72.1 Å².